The third-order valence-electron chi connectivity index (χ3n) is 12.1. The minimum atomic E-state index is -0.617. The molecule has 0 aliphatic heterocycles. The van der Waals surface area contributed by atoms with Gasteiger partial charge >= 0.3 is 0 Å². The summed E-state index contributed by atoms with van der Waals surface area (Å²) < 4.78 is 0. The van der Waals surface area contributed by atoms with Crippen LogP contribution in [0.1, 0.15) is 97.3 Å². The normalized spacial score (nSPS) is 22.1. The second-order valence-corrected chi connectivity index (χ2v) is 16.6. The van der Waals surface area contributed by atoms with Crippen LogP contribution >= 0.6 is 0 Å². The largest absolute Gasteiger partial charge is 0.384 e. The molecule has 1 amide bonds. The minimum absolute atomic E-state index is 0.168. The van der Waals surface area contributed by atoms with Crippen molar-refractivity contribution in [2.75, 3.05) is 13.1 Å². The molecule has 0 saturated heterocycles. The standard InChI is InChI=1S/C47H71N3O/c1-12-42-28-45(38(11)36(9)37(42)10)26-40-18-20-41(21-19-40)27-46(48)47(51)50-30-35(8)49-29-33(6)23-44(25-39-16-14-13-15-17-39)34(7)24-43(32(4)5)22-31(2)3/h13-21,31,36-38,42-46,49H,4,6-8,12,22-30,48H2,1-3,5,9-11H3,(H,50,51)/t36-,37?,38?,42?,43+,44-,45?,46-/m0/s1. The van der Waals surface area contributed by atoms with E-state index < -0.39 is 6.04 Å². The number of allylic oxidation sites excluding steroid dienone is 2. The monoisotopic (exact) mass is 694 g/mol. The first-order valence-corrected chi connectivity index (χ1v) is 19.7. The van der Waals surface area contributed by atoms with Crippen LogP contribution in [0.4, 0.5) is 0 Å². The number of nitrogens with two attached hydrogens (primary N) is 1. The van der Waals surface area contributed by atoms with Crippen LogP contribution in [-0.2, 0) is 24.1 Å². The summed E-state index contributed by atoms with van der Waals surface area (Å²) >= 11 is 0. The zero-order valence-corrected chi connectivity index (χ0v) is 33.3. The Morgan fingerprint density at radius 2 is 1.39 bits per heavy atom. The van der Waals surface area contributed by atoms with E-state index in [-0.39, 0.29) is 11.8 Å². The number of rotatable bonds is 21. The molecule has 8 atom stereocenters. The number of hydrogen-bond donors (Lipinski definition) is 3. The molecule has 4 nitrogen and oxygen atoms in total. The minimum Gasteiger partial charge on any atom is -0.384 e. The third-order valence-corrected chi connectivity index (χ3v) is 12.1. The van der Waals surface area contributed by atoms with Crippen LogP contribution in [0.3, 0.4) is 0 Å². The van der Waals surface area contributed by atoms with Gasteiger partial charge in [0.05, 0.1) is 12.6 Å². The summed E-state index contributed by atoms with van der Waals surface area (Å²) in [5.74, 6) is 5.01. The van der Waals surface area contributed by atoms with E-state index in [0.717, 1.165) is 78.5 Å². The van der Waals surface area contributed by atoms with Gasteiger partial charge in [-0.05, 0) is 116 Å². The maximum absolute atomic E-state index is 12.9. The Kier molecular flexibility index (Phi) is 17.0. The third kappa shape index (κ3) is 13.6. The van der Waals surface area contributed by atoms with Crippen molar-refractivity contribution in [2.45, 2.75) is 106 Å². The van der Waals surface area contributed by atoms with Gasteiger partial charge in [-0.1, -0.05) is 146 Å². The molecule has 4 unspecified atom stereocenters. The van der Waals surface area contributed by atoms with E-state index in [1.54, 1.807) is 0 Å². The van der Waals surface area contributed by atoms with Crippen molar-refractivity contribution >= 4 is 5.91 Å². The van der Waals surface area contributed by atoms with Crippen LogP contribution in [-0.4, -0.2) is 25.0 Å². The SMILES string of the molecule is C=C(CNC(=C)CNC(=O)[C@@H](N)Cc1ccc(CC2CC(CC)C(C)[C@H](C)C2C)cc1)C[C@@H](Cc1ccccc1)C(=C)C[C@@H](CC(C)C)C(=C)C. The average molecular weight is 694 g/mol. The summed E-state index contributed by atoms with van der Waals surface area (Å²) in [4.78, 5) is 12.9. The van der Waals surface area contributed by atoms with Crippen LogP contribution < -0.4 is 16.4 Å². The Hall–Kier alpha value is -3.37. The molecule has 2 aromatic rings. The molecule has 1 fully saturated rings. The molecular weight excluding hydrogens is 623 g/mol. The molecule has 1 aliphatic rings. The van der Waals surface area contributed by atoms with Gasteiger partial charge in [-0.2, -0.15) is 0 Å². The Bertz CT molecular complexity index is 1420. The number of carbonyl (C=O) groups excluding carboxylic acids is 1. The highest BCUT2D eigenvalue weighted by atomic mass is 16.2. The number of hydrogen-bond acceptors (Lipinski definition) is 3. The van der Waals surface area contributed by atoms with Gasteiger partial charge in [-0.3, -0.25) is 4.79 Å². The summed E-state index contributed by atoms with van der Waals surface area (Å²) in [5.41, 5.74) is 14.5. The summed E-state index contributed by atoms with van der Waals surface area (Å²) in [6.07, 6.45) is 8.06. The summed E-state index contributed by atoms with van der Waals surface area (Å²) in [5, 5.41) is 6.36. The molecule has 3 rings (SSSR count). The van der Waals surface area contributed by atoms with Crippen LogP contribution in [0.2, 0.25) is 0 Å². The quantitative estimate of drug-likeness (QED) is 0.114. The van der Waals surface area contributed by atoms with E-state index in [2.05, 4.69) is 140 Å². The number of amides is 1. The van der Waals surface area contributed by atoms with Gasteiger partial charge in [0, 0.05) is 12.2 Å². The van der Waals surface area contributed by atoms with E-state index in [1.807, 2.05) is 0 Å². The second kappa shape index (κ2) is 20.6. The molecule has 4 N–H and O–H groups in total. The first kappa shape index (κ1) is 42.0. The molecule has 0 aromatic heterocycles. The van der Waals surface area contributed by atoms with Crippen molar-refractivity contribution in [3.63, 3.8) is 0 Å². The lowest BCUT2D eigenvalue weighted by molar-refractivity contribution is -0.122. The van der Waals surface area contributed by atoms with Gasteiger partial charge in [0.15, 0.2) is 0 Å². The van der Waals surface area contributed by atoms with Gasteiger partial charge < -0.3 is 16.4 Å². The van der Waals surface area contributed by atoms with Crippen molar-refractivity contribution in [1.82, 2.24) is 10.6 Å². The molecule has 0 heterocycles. The molecule has 0 spiro atoms. The molecule has 0 radical (unpaired) electrons. The van der Waals surface area contributed by atoms with E-state index in [9.17, 15) is 4.79 Å². The van der Waals surface area contributed by atoms with Crippen LogP contribution in [0, 0.1) is 47.3 Å². The van der Waals surface area contributed by atoms with E-state index in [4.69, 9.17) is 5.73 Å². The highest BCUT2D eigenvalue weighted by Crippen LogP contribution is 2.44. The molecule has 0 bridgehead atoms. The molecule has 4 heteroatoms. The predicted octanol–water partition coefficient (Wildman–Crippen LogP) is 10.3. The van der Waals surface area contributed by atoms with Crippen LogP contribution in [0.25, 0.3) is 0 Å². The predicted molar refractivity (Wildman–Crippen MR) is 220 cm³/mol. The molecule has 1 saturated carbocycles. The molecule has 1 aliphatic carbocycles. The van der Waals surface area contributed by atoms with Crippen molar-refractivity contribution in [3.8, 4) is 0 Å². The average Bonchev–Trinajstić information content (AvgIpc) is 3.10. The zero-order chi connectivity index (χ0) is 37.7. The second-order valence-electron chi connectivity index (χ2n) is 16.6. The van der Waals surface area contributed by atoms with Gasteiger partial charge in [-0.25, -0.2) is 0 Å². The lowest BCUT2D eigenvalue weighted by Gasteiger charge is -2.44. The van der Waals surface area contributed by atoms with Gasteiger partial charge in [0.25, 0.3) is 0 Å². The van der Waals surface area contributed by atoms with Gasteiger partial charge in [0.2, 0.25) is 5.91 Å². The maximum atomic E-state index is 12.9. The summed E-state index contributed by atoms with van der Waals surface area (Å²) in [6, 6.07) is 18.8. The lowest BCUT2D eigenvalue weighted by atomic mass is 9.62. The summed E-state index contributed by atoms with van der Waals surface area (Å²) in [6.45, 7) is 34.7. The Morgan fingerprint density at radius 3 is 2.00 bits per heavy atom. The maximum Gasteiger partial charge on any atom is 0.237 e. The van der Waals surface area contributed by atoms with E-state index in [1.165, 1.54) is 35.1 Å². The van der Waals surface area contributed by atoms with Crippen molar-refractivity contribution in [1.29, 1.82) is 0 Å². The topological polar surface area (TPSA) is 67.1 Å². The fourth-order valence-corrected chi connectivity index (χ4v) is 8.25. The number of carbonyl (C=O) groups is 1. The van der Waals surface area contributed by atoms with Gasteiger partial charge in [-0.15, -0.1) is 0 Å². The number of benzene rings is 2. The molecule has 2 aromatic carbocycles. The van der Waals surface area contributed by atoms with Crippen LogP contribution in [0.5, 0.6) is 0 Å². The Labute approximate surface area is 312 Å². The van der Waals surface area contributed by atoms with E-state index in [0.29, 0.717) is 31.3 Å². The lowest BCUT2D eigenvalue weighted by Crippen LogP contribution is -2.43. The highest BCUT2D eigenvalue weighted by molar-refractivity contribution is 5.82. The Balaban J connectivity index is 1.46. The fraction of sp³-hybridized carbons (Fsp3) is 0.553. The molecule has 280 valence electrons. The van der Waals surface area contributed by atoms with Crippen molar-refractivity contribution in [3.05, 3.63) is 120 Å². The van der Waals surface area contributed by atoms with Crippen LogP contribution in [0.15, 0.2) is 103 Å². The number of nitrogens with one attached hydrogen (secondary N) is 2. The first-order chi connectivity index (χ1) is 24.2. The first-order valence-electron chi connectivity index (χ1n) is 19.7. The smallest absolute Gasteiger partial charge is 0.237 e. The van der Waals surface area contributed by atoms with Crippen molar-refractivity contribution in [2.24, 2.45) is 53.1 Å². The molecule has 51 heavy (non-hydrogen) atoms. The molecular formula is C47H71N3O. The Morgan fingerprint density at radius 1 is 0.784 bits per heavy atom. The van der Waals surface area contributed by atoms with Gasteiger partial charge in [0.1, 0.15) is 0 Å². The van der Waals surface area contributed by atoms with Crippen molar-refractivity contribution < 1.29 is 4.79 Å². The van der Waals surface area contributed by atoms with E-state index >= 15 is 0 Å². The zero-order valence-electron chi connectivity index (χ0n) is 33.3. The fourth-order valence-electron chi connectivity index (χ4n) is 8.25. The summed E-state index contributed by atoms with van der Waals surface area (Å²) in [7, 11) is 0. The highest BCUT2D eigenvalue weighted by Gasteiger charge is 2.37.